The Morgan fingerprint density at radius 3 is 2.67 bits per heavy atom. The molecule has 0 saturated heterocycles. The summed E-state index contributed by atoms with van der Waals surface area (Å²) in [6.45, 7) is 4.52. The largest absolute Gasteiger partial charge is 0.451 e. The molecule has 0 bridgehead atoms. The van der Waals surface area contributed by atoms with Gasteiger partial charge >= 0.3 is 5.97 Å². The lowest BCUT2D eigenvalue weighted by atomic mass is 10.1. The summed E-state index contributed by atoms with van der Waals surface area (Å²) < 4.78 is 6.36. The van der Waals surface area contributed by atoms with Gasteiger partial charge in [-0.1, -0.05) is 5.16 Å². The van der Waals surface area contributed by atoms with E-state index in [9.17, 15) is 4.79 Å². The molecular formula is C9H13N3O3. The normalized spacial score (nSPS) is 12.6. The Kier molecular flexibility index (Phi) is 3.08. The molecule has 6 heteroatoms. The highest BCUT2D eigenvalue weighted by atomic mass is 16.6. The highest BCUT2D eigenvalue weighted by molar-refractivity contribution is 5.92. The van der Waals surface area contributed by atoms with Gasteiger partial charge in [0.05, 0.1) is 0 Å². The molecule has 0 atom stereocenters. The molecule has 0 unspecified atom stereocenters. The first-order chi connectivity index (χ1) is 6.97. The van der Waals surface area contributed by atoms with Crippen LogP contribution in [0.15, 0.2) is 23.6 Å². The molecule has 1 N–H and O–H groups in total. The molecule has 6 nitrogen and oxygen atoms in total. The van der Waals surface area contributed by atoms with Crippen LogP contribution in [0.5, 0.6) is 0 Å². The maximum Gasteiger partial charge on any atom is 0.303 e. The van der Waals surface area contributed by atoms with Gasteiger partial charge < -0.3 is 9.94 Å². The predicted octanol–water partition coefficient (Wildman–Crippen LogP) is 0.861. The minimum atomic E-state index is -1.04. The lowest BCUT2D eigenvalue weighted by molar-refractivity contribution is -0.148. The second kappa shape index (κ2) is 4.12. The molecule has 0 aliphatic heterocycles. The Morgan fingerprint density at radius 2 is 2.27 bits per heavy atom. The Balaban J connectivity index is 2.98. The van der Waals surface area contributed by atoms with Crippen LogP contribution in [0.1, 0.15) is 20.8 Å². The first-order valence-corrected chi connectivity index (χ1v) is 4.39. The Bertz CT molecular complexity index is 368. The van der Waals surface area contributed by atoms with Crippen LogP contribution >= 0.6 is 0 Å². The molecule has 0 amide bonds. The van der Waals surface area contributed by atoms with Crippen molar-refractivity contribution in [1.29, 1.82) is 0 Å². The smallest absolute Gasteiger partial charge is 0.303 e. The van der Waals surface area contributed by atoms with E-state index in [2.05, 4.69) is 10.3 Å². The summed E-state index contributed by atoms with van der Waals surface area (Å²) in [5, 5.41) is 15.9. The fraction of sp³-hybridized carbons (Fsp3) is 0.444. The quantitative estimate of drug-likeness (QED) is 0.259. The van der Waals surface area contributed by atoms with Crippen LogP contribution in [0, 0.1) is 0 Å². The van der Waals surface area contributed by atoms with Crippen LogP contribution < -0.4 is 0 Å². The van der Waals surface area contributed by atoms with Crippen LogP contribution in [0.4, 0.5) is 0 Å². The Labute approximate surface area is 87.1 Å². The second-order valence-electron chi connectivity index (χ2n) is 3.48. The van der Waals surface area contributed by atoms with Gasteiger partial charge in [-0.05, 0) is 19.9 Å². The number of hydrogen-bond acceptors (Lipinski definition) is 5. The summed E-state index contributed by atoms with van der Waals surface area (Å²) in [7, 11) is 0. The van der Waals surface area contributed by atoms with Crippen molar-refractivity contribution in [2.45, 2.75) is 26.4 Å². The molecule has 0 radical (unpaired) electrons. The topological polar surface area (TPSA) is 76.7 Å². The zero-order valence-corrected chi connectivity index (χ0v) is 8.84. The highest BCUT2D eigenvalue weighted by Crippen LogP contribution is 2.13. The van der Waals surface area contributed by atoms with Gasteiger partial charge in [0.2, 0.25) is 5.84 Å². The van der Waals surface area contributed by atoms with Crippen molar-refractivity contribution < 1.29 is 14.7 Å². The van der Waals surface area contributed by atoms with Gasteiger partial charge in [-0.3, -0.25) is 4.79 Å². The third kappa shape index (κ3) is 2.55. The SMILES string of the molecule is CC(=O)OC(C)(C)/C(=N/O)n1cccn1. The van der Waals surface area contributed by atoms with E-state index in [0.29, 0.717) is 0 Å². The van der Waals surface area contributed by atoms with Gasteiger partial charge in [-0.2, -0.15) is 5.10 Å². The van der Waals surface area contributed by atoms with E-state index in [1.807, 2.05) is 0 Å². The fourth-order valence-electron chi connectivity index (χ4n) is 1.24. The van der Waals surface area contributed by atoms with E-state index in [4.69, 9.17) is 9.94 Å². The number of ether oxygens (including phenoxy) is 1. The average Bonchev–Trinajstić information content (AvgIpc) is 2.54. The average molecular weight is 211 g/mol. The molecule has 15 heavy (non-hydrogen) atoms. The standard InChI is InChI=1S/C9H13N3O3/c1-7(13)15-9(2,3)8(11-14)12-6-4-5-10-12/h4-6,14H,1-3H3/b11-8-. The number of nitrogens with zero attached hydrogens (tertiary/aromatic N) is 3. The summed E-state index contributed by atoms with van der Waals surface area (Å²) in [5.74, 6) is -0.309. The number of carbonyl (C=O) groups excluding carboxylic acids is 1. The molecule has 1 aromatic rings. The zero-order valence-electron chi connectivity index (χ0n) is 8.84. The van der Waals surface area contributed by atoms with Gasteiger partial charge in [0, 0.05) is 19.3 Å². The number of esters is 1. The monoisotopic (exact) mass is 211 g/mol. The minimum absolute atomic E-state index is 0.141. The molecule has 0 aliphatic carbocycles. The molecule has 0 saturated carbocycles. The number of rotatable bonds is 2. The van der Waals surface area contributed by atoms with Crippen LogP contribution in [-0.2, 0) is 9.53 Å². The third-order valence-corrected chi connectivity index (χ3v) is 1.75. The molecule has 1 aromatic heterocycles. The summed E-state index contributed by atoms with van der Waals surface area (Å²) in [5.41, 5.74) is -1.04. The van der Waals surface area contributed by atoms with E-state index in [0.717, 1.165) is 0 Å². The number of oxime groups is 1. The summed E-state index contributed by atoms with van der Waals surface area (Å²) >= 11 is 0. The predicted molar refractivity (Wildman–Crippen MR) is 52.7 cm³/mol. The van der Waals surface area contributed by atoms with Crippen molar-refractivity contribution in [2.24, 2.45) is 5.16 Å². The molecule has 82 valence electrons. The second-order valence-corrected chi connectivity index (χ2v) is 3.48. The van der Waals surface area contributed by atoms with Gasteiger partial charge in [0.15, 0.2) is 5.60 Å². The fourth-order valence-corrected chi connectivity index (χ4v) is 1.24. The van der Waals surface area contributed by atoms with Gasteiger partial charge in [-0.25, -0.2) is 4.68 Å². The molecule has 1 rings (SSSR count). The van der Waals surface area contributed by atoms with Gasteiger partial charge in [0.1, 0.15) is 0 Å². The van der Waals surface area contributed by atoms with E-state index >= 15 is 0 Å². The molecule has 0 fully saturated rings. The summed E-state index contributed by atoms with van der Waals surface area (Å²) in [6, 6.07) is 1.68. The van der Waals surface area contributed by atoms with Crippen LogP contribution in [0.2, 0.25) is 0 Å². The molecular weight excluding hydrogens is 198 g/mol. The lowest BCUT2D eigenvalue weighted by Gasteiger charge is -2.24. The zero-order chi connectivity index (χ0) is 11.5. The summed E-state index contributed by atoms with van der Waals surface area (Å²) in [6.07, 6.45) is 3.13. The minimum Gasteiger partial charge on any atom is -0.451 e. The van der Waals surface area contributed by atoms with Crippen molar-refractivity contribution in [2.75, 3.05) is 0 Å². The van der Waals surface area contributed by atoms with Gasteiger partial charge in [-0.15, -0.1) is 0 Å². The summed E-state index contributed by atoms with van der Waals surface area (Å²) in [4.78, 5) is 10.9. The van der Waals surface area contributed by atoms with Crippen molar-refractivity contribution in [3.63, 3.8) is 0 Å². The highest BCUT2D eigenvalue weighted by Gasteiger charge is 2.31. The third-order valence-electron chi connectivity index (χ3n) is 1.75. The van der Waals surface area contributed by atoms with Crippen LogP contribution in [-0.4, -0.2) is 32.4 Å². The van der Waals surface area contributed by atoms with E-state index < -0.39 is 11.6 Å². The molecule has 0 aliphatic rings. The number of hydrogen-bond donors (Lipinski definition) is 1. The van der Waals surface area contributed by atoms with E-state index in [-0.39, 0.29) is 5.84 Å². The molecule has 0 aromatic carbocycles. The van der Waals surface area contributed by atoms with E-state index in [1.54, 1.807) is 26.1 Å². The Hall–Kier alpha value is -1.85. The van der Waals surface area contributed by atoms with Crippen molar-refractivity contribution >= 4 is 11.8 Å². The first-order valence-electron chi connectivity index (χ1n) is 4.39. The van der Waals surface area contributed by atoms with Crippen molar-refractivity contribution in [3.8, 4) is 0 Å². The maximum absolute atomic E-state index is 10.9. The van der Waals surface area contributed by atoms with Crippen LogP contribution in [0.3, 0.4) is 0 Å². The Morgan fingerprint density at radius 1 is 1.60 bits per heavy atom. The van der Waals surface area contributed by atoms with E-state index in [1.165, 1.54) is 17.8 Å². The van der Waals surface area contributed by atoms with Crippen LogP contribution in [0.25, 0.3) is 0 Å². The van der Waals surface area contributed by atoms with Gasteiger partial charge in [0.25, 0.3) is 0 Å². The first kappa shape index (κ1) is 11.2. The number of aromatic nitrogens is 2. The van der Waals surface area contributed by atoms with Crippen molar-refractivity contribution in [1.82, 2.24) is 9.78 Å². The van der Waals surface area contributed by atoms with Crippen molar-refractivity contribution in [3.05, 3.63) is 18.5 Å². The number of carbonyl (C=O) groups is 1. The maximum atomic E-state index is 10.9. The molecule has 1 heterocycles. The molecule has 0 spiro atoms. The lowest BCUT2D eigenvalue weighted by Crippen LogP contribution is -2.41.